The molecule has 2 nitrogen and oxygen atoms in total. The van der Waals surface area contributed by atoms with E-state index < -0.39 is 0 Å². The van der Waals surface area contributed by atoms with Crippen LogP contribution in [-0.4, -0.2) is 34.8 Å². The summed E-state index contributed by atoms with van der Waals surface area (Å²) < 4.78 is 0. The molecule has 0 aromatic carbocycles. The van der Waals surface area contributed by atoms with Crippen LogP contribution in [0.2, 0.25) is 0 Å². The minimum Gasteiger partial charge on any atom is -0.395 e. The van der Waals surface area contributed by atoms with Crippen molar-refractivity contribution in [2.24, 2.45) is 0 Å². The van der Waals surface area contributed by atoms with Gasteiger partial charge in [-0.3, -0.25) is 0 Å². The zero-order chi connectivity index (χ0) is 10.3. The van der Waals surface area contributed by atoms with Gasteiger partial charge in [0.15, 0.2) is 0 Å². The van der Waals surface area contributed by atoms with Gasteiger partial charge < -0.3 is 10.4 Å². The van der Waals surface area contributed by atoms with Gasteiger partial charge in [0, 0.05) is 16.5 Å². The molecular weight excluding hydrogens is 182 g/mol. The highest BCUT2D eigenvalue weighted by molar-refractivity contribution is 8.00. The van der Waals surface area contributed by atoms with E-state index in [0.717, 1.165) is 13.0 Å². The summed E-state index contributed by atoms with van der Waals surface area (Å²) in [5.41, 5.74) is 0. The van der Waals surface area contributed by atoms with Crippen molar-refractivity contribution < 1.29 is 5.11 Å². The van der Waals surface area contributed by atoms with Crippen LogP contribution < -0.4 is 5.32 Å². The topological polar surface area (TPSA) is 32.3 Å². The maximum Gasteiger partial charge on any atom is 0.0547 e. The summed E-state index contributed by atoms with van der Waals surface area (Å²) in [4.78, 5) is 0. The van der Waals surface area contributed by atoms with Crippen LogP contribution in [0.15, 0.2) is 0 Å². The molecular formula is C10H23NOS. The Kier molecular flexibility index (Phi) is 7.81. The van der Waals surface area contributed by atoms with Crippen molar-refractivity contribution >= 4 is 11.8 Å². The van der Waals surface area contributed by atoms with Crippen molar-refractivity contribution in [1.29, 1.82) is 0 Å². The molecule has 13 heavy (non-hydrogen) atoms. The average Bonchev–Trinajstić information content (AvgIpc) is 2.13. The van der Waals surface area contributed by atoms with Crippen LogP contribution in [0.25, 0.3) is 0 Å². The molecule has 0 spiro atoms. The van der Waals surface area contributed by atoms with Gasteiger partial charge in [0.2, 0.25) is 0 Å². The van der Waals surface area contributed by atoms with Crippen LogP contribution in [0.3, 0.4) is 0 Å². The van der Waals surface area contributed by atoms with Crippen LogP contribution in [0.1, 0.15) is 34.1 Å². The number of thioether (sulfide) groups is 1. The number of rotatable bonds is 7. The summed E-state index contributed by atoms with van der Waals surface area (Å²) in [6.45, 7) is 9.94. The fourth-order valence-electron chi connectivity index (χ4n) is 1.41. The number of hydrogen-bond donors (Lipinski definition) is 2. The van der Waals surface area contributed by atoms with Gasteiger partial charge in [-0.05, 0) is 13.0 Å². The molecule has 0 aliphatic heterocycles. The van der Waals surface area contributed by atoms with Crippen LogP contribution in [0.5, 0.6) is 0 Å². The molecule has 80 valence electrons. The minimum atomic E-state index is 0.275. The Bertz CT molecular complexity index is 121. The molecule has 0 aliphatic rings. The van der Waals surface area contributed by atoms with E-state index in [-0.39, 0.29) is 6.61 Å². The Morgan fingerprint density at radius 2 is 1.92 bits per heavy atom. The highest BCUT2D eigenvalue weighted by Crippen LogP contribution is 2.21. The van der Waals surface area contributed by atoms with Gasteiger partial charge in [-0.1, -0.05) is 27.7 Å². The first kappa shape index (κ1) is 13.3. The summed E-state index contributed by atoms with van der Waals surface area (Å²) in [5.74, 6) is 0. The molecule has 0 radical (unpaired) electrons. The van der Waals surface area contributed by atoms with Crippen molar-refractivity contribution in [2.45, 2.75) is 50.7 Å². The SMILES string of the molecule is CCNC(CC)C(C)SC(C)CO. The van der Waals surface area contributed by atoms with Gasteiger partial charge in [-0.25, -0.2) is 0 Å². The molecule has 0 aromatic rings. The number of hydrogen-bond acceptors (Lipinski definition) is 3. The van der Waals surface area contributed by atoms with E-state index in [4.69, 9.17) is 5.11 Å². The lowest BCUT2D eigenvalue weighted by molar-refractivity contribution is 0.299. The van der Waals surface area contributed by atoms with E-state index in [1.807, 2.05) is 11.8 Å². The fraction of sp³-hybridized carbons (Fsp3) is 1.00. The predicted molar refractivity (Wildman–Crippen MR) is 61.4 cm³/mol. The molecule has 0 bridgehead atoms. The number of aliphatic hydroxyl groups is 1. The molecule has 0 aliphatic carbocycles. The first-order chi connectivity index (χ1) is 6.15. The largest absolute Gasteiger partial charge is 0.395 e. The standard InChI is InChI=1S/C10H23NOS/c1-5-10(11-6-2)9(4)13-8(3)7-12/h8-12H,5-7H2,1-4H3. The zero-order valence-electron chi connectivity index (χ0n) is 9.21. The van der Waals surface area contributed by atoms with Crippen LogP contribution in [0.4, 0.5) is 0 Å². The quantitative estimate of drug-likeness (QED) is 0.665. The average molecular weight is 205 g/mol. The number of nitrogens with one attached hydrogen (secondary N) is 1. The third kappa shape index (κ3) is 5.55. The highest BCUT2D eigenvalue weighted by Gasteiger charge is 2.16. The first-order valence-electron chi connectivity index (χ1n) is 5.15. The van der Waals surface area contributed by atoms with Crippen molar-refractivity contribution in [3.63, 3.8) is 0 Å². The molecule has 0 saturated heterocycles. The van der Waals surface area contributed by atoms with Crippen molar-refractivity contribution in [3.8, 4) is 0 Å². The molecule has 0 fully saturated rings. The maximum atomic E-state index is 8.93. The predicted octanol–water partition coefficient (Wildman–Crippen LogP) is 1.88. The number of aliphatic hydroxyl groups excluding tert-OH is 1. The van der Waals surface area contributed by atoms with Gasteiger partial charge in [0.1, 0.15) is 0 Å². The van der Waals surface area contributed by atoms with Crippen molar-refractivity contribution in [1.82, 2.24) is 5.32 Å². The van der Waals surface area contributed by atoms with E-state index in [1.54, 1.807) is 0 Å². The lowest BCUT2D eigenvalue weighted by Crippen LogP contribution is -2.36. The Labute approximate surface area is 86.5 Å². The molecule has 0 amide bonds. The molecule has 3 unspecified atom stereocenters. The second kappa shape index (κ2) is 7.65. The summed E-state index contributed by atoms with van der Waals surface area (Å²) in [5, 5.41) is 13.3. The van der Waals surface area contributed by atoms with E-state index in [0.29, 0.717) is 16.5 Å². The Morgan fingerprint density at radius 3 is 2.31 bits per heavy atom. The summed E-state index contributed by atoms with van der Waals surface area (Å²) in [6.07, 6.45) is 1.15. The van der Waals surface area contributed by atoms with Crippen molar-refractivity contribution in [3.05, 3.63) is 0 Å². The van der Waals surface area contributed by atoms with Crippen LogP contribution in [0, 0.1) is 0 Å². The van der Waals surface area contributed by atoms with E-state index in [1.165, 1.54) is 0 Å². The molecule has 0 saturated carbocycles. The molecule has 0 rings (SSSR count). The first-order valence-corrected chi connectivity index (χ1v) is 6.09. The van der Waals surface area contributed by atoms with Crippen molar-refractivity contribution in [2.75, 3.05) is 13.2 Å². The fourth-order valence-corrected chi connectivity index (χ4v) is 2.71. The summed E-state index contributed by atoms with van der Waals surface area (Å²) in [7, 11) is 0. The lowest BCUT2D eigenvalue weighted by atomic mass is 10.2. The van der Waals surface area contributed by atoms with E-state index in [9.17, 15) is 0 Å². The van der Waals surface area contributed by atoms with E-state index in [2.05, 4.69) is 33.0 Å². The lowest BCUT2D eigenvalue weighted by Gasteiger charge is -2.25. The second-order valence-electron chi connectivity index (χ2n) is 3.41. The minimum absolute atomic E-state index is 0.275. The van der Waals surface area contributed by atoms with Crippen LogP contribution >= 0.6 is 11.8 Å². The van der Waals surface area contributed by atoms with Gasteiger partial charge in [-0.2, -0.15) is 11.8 Å². The maximum absolute atomic E-state index is 8.93. The van der Waals surface area contributed by atoms with Gasteiger partial charge in [0.05, 0.1) is 6.61 Å². The Balaban J connectivity index is 3.82. The summed E-state index contributed by atoms with van der Waals surface area (Å²) in [6, 6.07) is 0.573. The molecule has 3 atom stereocenters. The molecule has 0 heterocycles. The molecule has 2 N–H and O–H groups in total. The third-order valence-electron chi connectivity index (χ3n) is 2.18. The Hall–Kier alpha value is 0.270. The van der Waals surface area contributed by atoms with Gasteiger partial charge >= 0.3 is 0 Å². The second-order valence-corrected chi connectivity index (χ2v) is 5.23. The van der Waals surface area contributed by atoms with E-state index >= 15 is 0 Å². The van der Waals surface area contributed by atoms with Gasteiger partial charge in [0.25, 0.3) is 0 Å². The van der Waals surface area contributed by atoms with Crippen LogP contribution in [-0.2, 0) is 0 Å². The Morgan fingerprint density at radius 1 is 1.31 bits per heavy atom. The monoisotopic (exact) mass is 205 g/mol. The molecule has 3 heteroatoms. The zero-order valence-corrected chi connectivity index (χ0v) is 10.0. The molecule has 0 aromatic heterocycles. The van der Waals surface area contributed by atoms with Gasteiger partial charge in [-0.15, -0.1) is 0 Å². The smallest absolute Gasteiger partial charge is 0.0547 e. The normalized spacial score (nSPS) is 18.2. The highest BCUT2D eigenvalue weighted by atomic mass is 32.2. The summed E-state index contributed by atoms with van der Waals surface area (Å²) >= 11 is 1.86. The third-order valence-corrected chi connectivity index (χ3v) is 3.55.